The molecule has 224 valence electrons. The van der Waals surface area contributed by atoms with Crippen molar-refractivity contribution < 1.29 is 28.6 Å². The fourth-order valence-corrected chi connectivity index (χ4v) is 9.65. The van der Waals surface area contributed by atoms with E-state index < -0.39 is 0 Å². The van der Waals surface area contributed by atoms with E-state index in [9.17, 15) is 14.4 Å². The first-order valence-electron chi connectivity index (χ1n) is 15.9. The monoisotopic (exact) mass is 572 g/mol. The molecule has 0 unspecified atom stereocenters. The molecule has 0 heterocycles. The van der Waals surface area contributed by atoms with E-state index in [1.54, 1.807) is 0 Å². The molecular formula is C36H44O6. The van der Waals surface area contributed by atoms with Gasteiger partial charge < -0.3 is 14.2 Å². The Balaban J connectivity index is 1.23. The number of hydrogen-bond donors (Lipinski definition) is 0. The molecule has 6 rings (SSSR count). The average Bonchev–Trinajstić information content (AvgIpc) is 3.47. The molecule has 0 spiro atoms. The van der Waals surface area contributed by atoms with Crippen molar-refractivity contribution in [3.63, 3.8) is 0 Å². The van der Waals surface area contributed by atoms with Gasteiger partial charge in [-0.05, 0) is 111 Å². The quantitative estimate of drug-likeness (QED) is 0.271. The summed E-state index contributed by atoms with van der Waals surface area (Å²) in [5, 5.41) is 0. The zero-order valence-corrected chi connectivity index (χ0v) is 25.1. The lowest BCUT2D eigenvalue weighted by Crippen LogP contribution is -2.56. The highest BCUT2D eigenvalue weighted by atomic mass is 16.5. The highest BCUT2D eigenvalue weighted by Crippen LogP contribution is 2.65. The summed E-state index contributed by atoms with van der Waals surface area (Å²) in [4.78, 5) is 38.9. The molecule has 4 aliphatic carbocycles. The van der Waals surface area contributed by atoms with Crippen molar-refractivity contribution in [2.45, 2.75) is 77.4 Å². The van der Waals surface area contributed by atoms with Crippen molar-refractivity contribution in [1.29, 1.82) is 0 Å². The maximum atomic E-state index is 13.4. The summed E-state index contributed by atoms with van der Waals surface area (Å²) < 4.78 is 17.6. The molecule has 0 aliphatic heterocycles. The normalized spacial score (nSPS) is 36.0. The lowest BCUT2D eigenvalue weighted by molar-refractivity contribution is -0.155. The second-order valence-corrected chi connectivity index (χ2v) is 13.6. The molecule has 6 nitrogen and oxygen atoms in total. The van der Waals surface area contributed by atoms with Crippen LogP contribution < -0.4 is 0 Å². The molecule has 6 heteroatoms. The fraction of sp³-hybridized carbons (Fsp3) is 0.583. The second kappa shape index (κ2) is 11.9. The van der Waals surface area contributed by atoms with E-state index in [0.29, 0.717) is 34.8 Å². The van der Waals surface area contributed by atoms with Crippen LogP contribution in [0.5, 0.6) is 0 Å². The summed E-state index contributed by atoms with van der Waals surface area (Å²) in [7, 11) is 1.46. The van der Waals surface area contributed by atoms with Crippen LogP contribution in [-0.2, 0) is 19.0 Å². The van der Waals surface area contributed by atoms with Gasteiger partial charge in [-0.1, -0.05) is 50.2 Å². The molecule has 0 aromatic heterocycles. The predicted molar refractivity (Wildman–Crippen MR) is 158 cm³/mol. The maximum absolute atomic E-state index is 13.4. The maximum Gasteiger partial charge on any atom is 0.338 e. The molecule has 0 radical (unpaired) electrons. The first kappa shape index (κ1) is 28.9. The highest BCUT2D eigenvalue weighted by Gasteiger charge is 2.61. The van der Waals surface area contributed by atoms with Crippen LogP contribution in [0.2, 0.25) is 0 Å². The largest absolute Gasteiger partial charge is 0.469 e. The minimum atomic E-state index is -0.275. The third-order valence-electron chi connectivity index (χ3n) is 11.8. The first-order chi connectivity index (χ1) is 20.3. The van der Waals surface area contributed by atoms with Gasteiger partial charge in [-0.25, -0.2) is 9.59 Å². The van der Waals surface area contributed by atoms with Gasteiger partial charge in [0.2, 0.25) is 0 Å². The lowest BCUT2D eigenvalue weighted by Gasteiger charge is -2.60. The number of hydrogen-bond acceptors (Lipinski definition) is 6. The Kier molecular flexibility index (Phi) is 8.17. The third kappa shape index (κ3) is 5.26. The molecule has 4 saturated carbocycles. The van der Waals surface area contributed by atoms with Crippen LogP contribution in [0.4, 0.5) is 0 Å². The van der Waals surface area contributed by atoms with E-state index in [4.69, 9.17) is 14.2 Å². The number of carbonyl (C=O) groups is 3. The zero-order valence-electron chi connectivity index (χ0n) is 25.1. The van der Waals surface area contributed by atoms with Crippen LogP contribution in [0.15, 0.2) is 60.7 Å². The van der Waals surface area contributed by atoms with Gasteiger partial charge in [-0.3, -0.25) is 4.79 Å². The fourth-order valence-electron chi connectivity index (χ4n) is 9.65. The van der Waals surface area contributed by atoms with Gasteiger partial charge in [0.1, 0.15) is 12.2 Å². The molecule has 42 heavy (non-hydrogen) atoms. The summed E-state index contributed by atoms with van der Waals surface area (Å²) in [6.45, 7) is 4.43. The molecule has 0 saturated heterocycles. The number of methoxy groups -OCH3 is 1. The minimum absolute atomic E-state index is 0.0628. The number of rotatable bonds is 6. The molecule has 0 N–H and O–H groups in total. The number of fused-ring (bicyclic) bond motifs is 5. The van der Waals surface area contributed by atoms with E-state index in [0.717, 1.165) is 51.4 Å². The molecule has 4 fully saturated rings. The topological polar surface area (TPSA) is 78.9 Å². The Morgan fingerprint density at radius 1 is 0.786 bits per heavy atom. The Bertz CT molecular complexity index is 1280. The Hall–Kier alpha value is -3.15. The molecule has 0 amide bonds. The van der Waals surface area contributed by atoms with Crippen LogP contribution >= 0.6 is 0 Å². The van der Waals surface area contributed by atoms with Gasteiger partial charge in [0, 0.05) is 5.92 Å². The molecule has 10 atom stereocenters. The first-order valence-corrected chi connectivity index (χ1v) is 15.9. The number of carbonyl (C=O) groups excluding carboxylic acids is 3. The molecule has 4 aliphatic rings. The standard InChI is InChI=1S/C36H44O6/c1-22(33(37)40-3)27-16-17-29-28-15-14-25-20-26(41-34(38)23-10-6-4-7-11-23)18-19-36(25,2)30(28)21-31(32(27)29)42-35(39)24-12-8-5-9-13-24/h4-13,22,25-32H,14-21H2,1-3H3/t22-,25-,26-,27+,28+,29-,30-,31-,32-,36+/m1/s1. The van der Waals surface area contributed by atoms with Crippen LogP contribution in [0.25, 0.3) is 0 Å². The van der Waals surface area contributed by atoms with Crippen molar-refractivity contribution in [2.24, 2.45) is 46.8 Å². The van der Waals surface area contributed by atoms with E-state index in [2.05, 4.69) is 6.92 Å². The summed E-state index contributed by atoms with van der Waals surface area (Å²) >= 11 is 0. The Morgan fingerprint density at radius 3 is 2.05 bits per heavy atom. The van der Waals surface area contributed by atoms with Crippen molar-refractivity contribution in [1.82, 2.24) is 0 Å². The summed E-state index contributed by atoms with van der Waals surface area (Å²) in [6, 6.07) is 18.5. The summed E-state index contributed by atoms with van der Waals surface area (Å²) in [5.41, 5.74) is 1.28. The van der Waals surface area contributed by atoms with Gasteiger partial charge >= 0.3 is 17.9 Å². The van der Waals surface area contributed by atoms with Gasteiger partial charge in [0.15, 0.2) is 0 Å². The molecule has 0 bridgehead atoms. The van der Waals surface area contributed by atoms with E-state index in [1.807, 2.05) is 67.6 Å². The van der Waals surface area contributed by atoms with Crippen LogP contribution in [0.3, 0.4) is 0 Å². The number of ether oxygens (including phenoxy) is 3. The SMILES string of the molecule is COC(=O)[C@H](C)[C@@H]1CC[C@@H]2[C@@H]3CC[C@@H]4C[C@H](OC(=O)c5ccccc5)CC[C@]4(C)[C@@H]3C[C@@H](OC(=O)c3ccccc3)[C@@H]21. The summed E-state index contributed by atoms with van der Waals surface area (Å²) in [6.07, 6.45) is 7.60. The molecular weight excluding hydrogens is 528 g/mol. The smallest absolute Gasteiger partial charge is 0.338 e. The summed E-state index contributed by atoms with van der Waals surface area (Å²) in [5.74, 6) is 1.30. The van der Waals surface area contributed by atoms with Crippen LogP contribution in [0.1, 0.15) is 85.9 Å². The van der Waals surface area contributed by atoms with E-state index in [-0.39, 0.29) is 53.3 Å². The van der Waals surface area contributed by atoms with E-state index in [1.165, 1.54) is 7.11 Å². The molecule has 2 aromatic carbocycles. The van der Waals surface area contributed by atoms with Crippen molar-refractivity contribution >= 4 is 17.9 Å². The third-order valence-corrected chi connectivity index (χ3v) is 11.8. The van der Waals surface area contributed by atoms with Gasteiger partial charge in [-0.2, -0.15) is 0 Å². The number of benzene rings is 2. The van der Waals surface area contributed by atoms with Gasteiger partial charge in [0.25, 0.3) is 0 Å². The van der Waals surface area contributed by atoms with Crippen LogP contribution in [-0.4, -0.2) is 37.2 Å². The van der Waals surface area contributed by atoms with Crippen molar-refractivity contribution in [3.8, 4) is 0 Å². The van der Waals surface area contributed by atoms with E-state index >= 15 is 0 Å². The zero-order chi connectivity index (χ0) is 29.4. The number of esters is 3. The lowest BCUT2D eigenvalue weighted by atomic mass is 9.46. The van der Waals surface area contributed by atoms with Crippen LogP contribution in [0, 0.1) is 46.8 Å². The molecule has 2 aromatic rings. The van der Waals surface area contributed by atoms with Crippen molar-refractivity contribution in [2.75, 3.05) is 7.11 Å². The van der Waals surface area contributed by atoms with Gasteiger partial charge in [-0.15, -0.1) is 0 Å². The minimum Gasteiger partial charge on any atom is -0.469 e. The van der Waals surface area contributed by atoms with Crippen molar-refractivity contribution in [3.05, 3.63) is 71.8 Å². The Morgan fingerprint density at radius 2 is 1.40 bits per heavy atom. The Labute approximate surface area is 249 Å². The van der Waals surface area contributed by atoms with Gasteiger partial charge in [0.05, 0.1) is 24.2 Å². The highest BCUT2D eigenvalue weighted by molar-refractivity contribution is 5.90. The predicted octanol–water partition coefficient (Wildman–Crippen LogP) is 7.13. The second-order valence-electron chi connectivity index (χ2n) is 13.6. The average molecular weight is 573 g/mol.